The molecule has 1 aromatic heterocycles. The van der Waals surface area contributed by atoms with Crippen molar-refractivity contribution in [2.75, 3.05) is 5.88 Å². The third-order valence-electron chi connectivity index (χ3n) is 2.17. The van der Waals surface area contributed by atoms with Crippen LogP contribution in [-0.4, -0.2) is 10.9 Å². The van der Waals surface area contributed by atoms with E-state index in [1.165, 1.54) is 9.71 Å². The lowest BCUT2D eigenvalue weighted by Crippen LogP contribution is -1.84. The summed E-state index contributed by atoms with van der Waals surface area (Å²) in [5.74, 6) is 0.746. The molecule has 0 spiro atoms. The van der Waals surface area contributed by atoms with Gasteiger partial charge in [0.1, 0.15) is 0 Å². The van der Waals surface area contributed by atoms with Gasteiger partial charge in [-0.05, 0) is 37.5 Å². The third-order valence-corrected chi connectivity index (χ3v) is 4.01. The van der Waals surface area contributed by atoms with E-state index in [1.54, 1.807) is 11.3 Å². The average molecular weight is 305 g/mol. The van der Waals surface area contributed by atoms with Gasteiger partial charge in [0.05, 0.1) is 15.2 Å². The minimum absolute atomic E-state index is 0.746. The third kappa shape index (κ3) is 2.92. The monoisotopic (exact) mass is 303 g/mol. The van der Waals surface area contributed by atoms with Crippen LogP contribution in [0.1, 0.15) is 17.8 Å². The molecule has 0 N–H and O–H groups in total. The fraction of sp³-hybridized carbons (Fsp3) is 0.364. The summed E-state index contributed by atoms with van der Waals surface area (Å²) in [5, 5.41) is 1.22. The first-order valence-corrected chi connectivity index (χ1v) is 7.05. The Morgan fingerprint density at radius 2 is 2.20 bits per heavy atom. The van der Waals surface area contributed by atoms with Crippen LogP contribution < -0.4 is 0 Å². The number of thiazole rings is 1. The number of aromatic nitrogens is 1. The van der Waals surface area contributed by atoms with E-state index in [0.29, 0.717) is 0 Å². The molecule has 0 saturated carbocycles. The second kappa shape index (κ2) is 5.28. The van der Waals surface area contributed by atoms with Crippen LogP contribution in [0.25, 0.3) is 10.2 Å². The lowest BCUT2D eigenvalue weighted by atomic mass is 10.2. The van der Waals surface area contributed by atoms with Crippen molar-refractivity contribution < 1.29 is 0 Å². The molecular formula is C11H11BrClNS. The summed E-state index contributed by atoms with van der Waals surface area (Å²) < 4.78 is 2.37. The number of aryl methyl sites for hydroxylation is 1. The molecule has 4 heteroatoms. The maximum atomic E-state index is 5.64. The van der Waals surface area contributed by atoms with Crippen molar-refractivity contribution in [1.29, 1.82) is 0 Å². The summed E-state index contributed by atoms with van der Waals surface area (Å²) in [6.07, 6.45) is 3.25. The predicted molar refractivity (Wildman–Crippen MR) is 71.0 cm³/mol. The fourth-order valence-corrected chi connectivity index (χ4v) is 3.17. The highest BCUT2D eigenvalue weighted by atomic mass is 79.9. The standard InChI is InChI=1S/C11H11BrClNS/c12-8-4-5-9-10(7-8)15-11(14-9)3-1-2-6-13/h4-5,7H,1-3,6H2. The number of nitrogens with zero attached hydrogens (tertiary/aromatic N) is 1. The normalized spacial score (nSPS) is 11.1. The van der Waals surface area contributed by atoms with Crippen molar-refractivity contribution in [2.24, 2.45) is 0 Å². The van der Waals surface area contributed by atoms with Crippen molar-refractivity contribution in [3.05, 3.63) is 27.7 Å². The van der Waals surface area contributed by atoms with Gasteiger partial charge in [-0.25, -0.2) is 4.98 Å². The molecule has 1 heterocycles. The van der Waals surface area contributed by atoms with Gasteiger partial charge in [0.2, 0.25) is 0 Å². The Hall–Kier alpha value is -0.120. The number of hydrogen-bond acceptors (Lipinski definition) is 2. The molecule has 0 unspecified atom stereocenters. The Kier molecular flexibility index (Phi) is 4.00. The number of benzene rings is 1. The Balaban J connectivity index is 2.16. The van der Waals surface area contributed by atoms with Crippen LogP contribution in [0.15, 0.2) is 22.7 Å². The van der Waals surface area contributed by atoms with Crippen LogP contribution in [-0.2, 0) is 6.42 Å². The van der Waals surface area contributed by atoms with Gasteiger partial charge >= 0.3 is 0 Å². The second-order valence-electron chi connectivity index (χ2n) is 3.37. The first kappa shape index (κ1) is 11.4. The highest BCUT2D eigenvalue weighted by Gasteiger charge is 2.03. The first-order chi connectivity index (χ1) is 7.29. The van der Waals surface area contributed by atoms with Crippen molar-refractivity contribution in [1.82, 2.24) is 4.98 Å². The summed E-state index contributed by atoms with van der Waals surface area (Å²) >= 11 is 10.9. The van der Waals surface area contributed by atoms with E-state index in [4.69, 9.17) is 11.6 Å². The summed E-state index contributed by atoms with van der Waals surface area (Å²) in [6.45, 7) is 0. The molecule has 1 nitrogen and oxygen atoms in total. The van der Waals surface area contributed by atoms with Gasteiger partial charge in [0.25, 0.3) is 0 Å². The molecule has 0 aliphatic rings. The van der Waals surface area contributed by atoms with Crippen LogP contribution in [0.4, 0.5) is 0 Å². The average Bonchev–Trinajstić information content (AvgIpc) is 2.60. The van der Waals surface area contributed by atoms with Crippen molar-refractivity contribution >= 4 is 49.1 Å². The molecule has 0 aliphatic carbocycles. The van der Waals surface area contributed by atoms with Gasteiger partial charge in [-0.15, -0.1) is 22.9 Å². The van der Waals surface area contributed by atoms with Crippen LogP contribution in [0.2, 0.25) is 0 Å². The van der Waals surface area contributed by atoms with E-state index in [9.17, 15) is 0 Å². The minimum Gasteiger partial charge on any atom is -0.241 e. The lowest BCUT2D eigenvalue weighted by Gasteiger charge is -1.91. The zero-order chi connectivity index (χ0) is 10.7. The van der Waals surface area contributed by atoms with Gasteiger partial charge in [0.15, 0.2) is 0 Å². The zero-order valence-corrected chi connectivity index (χ0v) is 11.3. The number of halogens is 2. The van der Waals surface area contributed by atoms with Gasteiger partial charge in [-0.3, -0.25) is 0 Å². The van der Waals surface area contributed by atoms with Gasteiger partial charge in [-0.1, -0.05) is 15.9 Å². The maximum absolute atomic E-state index is 5.64. The number of fused-ring (bicyclic) bond motifs is 1. The smallest absolute Gasteiger partial charge is 0.0938 e. The molecule has 0 fully saturated rings. The van der Waals surface area contributed by atoms with E-state index in [0.717, 1.165) is 35.1 Å². The number of unbranched alkanes of at least 4 members (excludes halogenated alkanes) is 1. The van der Waals surface area contributed by atoms with Crippen molar-refractivity contribution in [2.45, 2.75) is 19.3 Å². The SMILES string of the molecule is ClCCCCc1nc2ccc(Br)cc2s1. The number of alkyl halides is 1. The van der Waals surface area contributed by atoms with Crippen molar-refractivity contribution in [3.8, 4) is 0 Å². The Morgan fingerprint density at radius 1 is 1.33 bits per heavy atom. The molecule has 80 valence electrons. The zero-order valence-electron chi connectivity index (χ0n) is 8.17. The number of hydrogen-bond donors (Lipinski definition) is 0. The highest BCUT2D eigenvalue weighted by molar-refractivity contribution is 9.10. The molecule has 0 saturated heterocycles. The summed E-state index contributed by atoms with van der Waals surface area (Å²) in [4.78, 5) is 4.58. The second-order valence-corrected chi connectivity index (χ2v) is 5.77. The van der Waals surface area contributed by atoms with Gasteiger partial charge < -0.3 is 0 Å². The summed E-state index contributed by atoms with van der Waals surface area (Å²) in [7, 11) is 0. The fourth-order valence-electron chi connectivity index (χ4n) is 1.42. The molecule has 2 aromatic rings. The van der Waals surface area contributed by atoms with E-state index in [1.807, 2.05) is 6.07 Å². The lowest BCUT2D eigenvalue weighted by molar-refractivity contribution is 0.796. The maximum Gasteiger partial charge on any atom is 0.0938 e. The van der Waals surface area contributed by atoms with Crippen LogP contribution in [0, 0.1) is 0 Å². The van der Waals surface area contributed by atoms with Crippen LogP contribution in [0.5, 0.6) is 0 Å². The first-order valence-electron chi connectivity index (χ1n) is 4.90. The molecule has 0 radical (unpaired) electrons. The predicted octanol–water partition coefficient (Wildman–Crippen LogP) is 4.62. The molecule has 0 aliphatic heterocycles. The van der Waals surface area contributed by atoms with E-state index < -0.39 is 0 Å². The molecule has 1 aromatic carbocycles. The van der Waals surface area contributed by atoms with E-state index in [2.05, 4.69) is 33.0 Å². The summed E-state index contributed by atoms with van der Waals surface area (Å²) in [5.41, 5.74) is 1.10. The molecule has 0 amide bonds. The quantitative estimate of drug-likeness (QED) is 0.593. The Morgan fingerprint density at radius 3 is 3.00 bits per heavy atom. The van der Waals surface area contributed by atoms with Crippen LogP contribution >= 0.6 is 38.9 Å². The minimum atomic E-state index is 0.746. The van der Waals surface area contributed by atoms with E-state index in [-0.39, 0.29) is 0 Å². The van der Waals surface area contributed by atoms with E-state index >= 15 is 0 Å². The molecule has 0 atom stereocenters. The Bertz CT molecular complexity index is 455. The molecular weight excluding hydrogens is 294 g/mol. The summed E-state index contributed by atoms with van der Waals surface area (Å²) in [6, 6.07) is 6.21. The Labute approximate surface area is 107 Å². The van der Waals surface area contributed by atoms with Crippen LogP contribution in [0.3, 0.4) is 0 Å². The molecule has 15 heavy (non-hydrogen) atoms. The molecule has 2 rings (SSSR count). The topological polar surface area (TPSA) is 12.9 Å². The van der Waals surface area contributed by atoms with Gasteiger partial charge in [0, 0.05) is 10.4 Å². The van der Waals surface area contributed by atoms with Gasteiger partial charge in [-0.2, -0.15) is 0 Å². The van der Waals surface area contributed by atoms with Crippen molar-refractivity contribution in [3.63, 3.8) is 0 Å². The largest absolute Gasteiger partial charge is 0.241 e. The highest BCUT2D eigenvalue weighted by Crippen LogP contribution is 2.26. The number of rotatable bonds is 4. The molecule has 0 bridgehead atoms.